The van der Waals surface area contributed by atoms with Gasteiger partial charge in [0.25, 0.3) is 0 Å². The molecule has 0 radical (unpaired) electrons. The molecule has 6 aromatic carbocycles. The van der Waals surface area contributed by atoms with Crippen LogP contribution in [0.5, 0.6) is 11.5 Å². The van der Waals surface area contributed by atoms with Gasteiger partial charge in [-0.3, -0.25) is 0 Å². The summed E-state index contributed by atoms with van der Waals surface area (Å²) in [5.41, 5.74) is 1.41. The SMILES string of the molecule is C=CCOC(=O)COc1c(-c2ccc3c(ccc4ccccc43)c2OCC(=O)OCC=C)ccc2c1ccc1ccccc12. The molecule has 44 heavy (non-hydrogen) atoms. The Balaban J connectivity index is 1.55. The Morgan fingerprint density at radius 3 is 1.34 bits per heavy atom. The first-order chi connectivity index (χ1) is 21.6. The number of ether oxygens (including phenoxy) is 4. The summed E-state index contributed by atoms with van der Waals surface area (Å²) in [6.07, 6.45) is 3.02. The smallest absolute Gasteiger partial charge is 0.344 e. The van der Waals surface area contributed by atoms with Crippen molar-refractivity contribution >= 4 is 55.0 Å². The van der Waals surface area contributed by atoms with Crippen molar-refractivity contribution in [2.75, 3.05) is 26.4 Å². The van der Waals surface area contributed by atoms with Gasteiger partial charge in [-0.15, -0.1) is 0 Å². The van der Waals surface area contributed by atoms with E-state index in [-0.39, 0.29) is 26.4 Å². The summed E-state index contributed by atoms with van der Waals surface area (Å²) in [4.78, 5) is 25.0. The summed E-state index contributed by atoms with van der Waals surface area (Å²) >= 11 is 0. The van der Waals surface area contributed by atoms with Crippen molar-refractivity contribution in [2.24, 2.45) is 0 Å². The highest BCUT2D eigenvalue weighted by atomic mass is 16.6. The van der Waals surface area contributed by atoms with Crippen LogP contribution >= 0.6 is 0 Å². The number of hydrogen-bond donors (Lipinski definition) is 0. The van der Waals surface area contributed by atoms with Gasteiger partial charge in [0.2, 0.25) is 0 Å². The Bertz CT molecular complexity index is 1910. The molecular formula is C38H30O6. The van der Waals surface area contributed by atoms with Crippen molar-refractivity contribution in [1.82, 2.24) is 0 Å². The van der Waals surface area contributed by atoms with E-state index in [0.29, 0.717) is 22.6 Å². The lowest BCUT2D eigenvalue weighted by molar-refractivity contribution is -0.145. The second-order valence-electron chi connectivity index (χ2n) is 10.2. The van der Waals surface area contributed by atoms with E-state index in [1.807, 2.05) is 72.8 Å². The molecule has 218 valence electrons. The Hall–Kier alpha value is -5.62. The van der Waals surface area contributed by atoms with Gasteiger partial charge >= 0.3 is 11.9 Å². The molecule has 0 aromatic heterocycles. The molecule has 0 saturated heterocycles. The van der Waals surface area contributed by atoms with Crippen LogP contribution in [0.1, 0.15) is 0 Å². The quantitative estimate of drug-likeness (QED) is 0.0872. The topological polar surface area (TPSA) is 71.1 Å². The van der Waals surface area contributed by atoms with Crippen molar-refractivity contribution in [3.63, 3.8) is 0 Å². The number of benzene rings is 6. The summed E-state index contributed by atoms with van der Waals surface area (Å²) in [5.74, 6) is -0.0221. The minimum absolute atomic E-state index is 0.0911. The van der Waals surface area contributed by atoms with E-state index < -0.39 is 11.9 Å². The van der Waals surface area contributed by atoms with Gasteiger partial charge in [-0.2, -0.15) is 0 Å². The maximum Gasteiger partial charge on any atom is 0.344 e. The molecule has 0 aliphatic carbocycles. The molecule has 0 bridgehead atoms. The number of rotatable bonds is 11. The second kappa shape index (κ2) is 12.7. The Morgan fingerprint density at radius 2 is 0.909 bits per heavy atom. The van der Waals surface area contributed by atoms with Crippen molar-refractivity contribution in [3.05, 3.63) is 122 Å². The first kappa shape index (κ1) is 28.5. The maximum atomic E-state index is 12.5. The Kier molecular flexibility index (Phi) is 8.23. The molecule has 6 nitrogen and oxygen atoms in total. The monoisotopic (exact) mass is 582 g/mol. The van der Waals surface area contributed by atoms with Crippen molar-refractivity contribution in [3.8, 4) is 22.6 Å². The number of esters is 2. The third-order valence-electron chi connectivity index (χ3n) is 7.44. The van der Waals surface area contributed by atoms with E-state index >= 15 is 0 Å². The third kappa shape index (κ3) is 5.57. The van der Waals surface area contributed by atoms with Crippen molar-refractivity contribution < 1.29 is 28.5 Å². The van der Waals surface area contributed by atoms with Gasteiger partial charge in [0.15, 0.2) is 13.2 Å². The van der Waals surface area contributed by atoms with Gasteiger partial charge in [0.05, 0.1) is 0 Å². The molecular weight excluding hydrogens is 552 g/mol. The largest absolute Gasteiger partial charge is 0.481 e. The van der Waals surface area contributed by atoms with Gasteiger partial charge in [0.1, 0.15) is 24.7 Å². The molecule has 0 heterocycles. The predicted octanol–water partition coefficient (Wildman–Crippen LogP) is 8.18. The van der Waals surface area contributed by atoms with Crippen LogP contribution in [0.15, 0.2) is 122 Å². The molecule has 6 rings (SSSR count). The van der Waals surface area contributed by atoms with Crippen LogP contribution in [0.3, 0.4) is 0 Å². The zero-order valence-electron chi connectivity index (χ0n) is 24.1. The first-order valence-corrected chi connectivity index (χ1v) is 14.3. The summed E-state index contributed by atoms with van der Waals surface area (Å²) in [5, 5.41) is 7.89. The fourth-order valence-electron chi connectivity index (χ4n) is 5.51. The summed E-state index contributed by atoms with van der Waals surface area (Å²) in [7, 11) is 0. The van der Waals surface area contributed by atoms with Crippen LogP contribution in [0.25, 0.3) is 54.2 Å². The van der Waals surface area contributed by atoms with Crippen LogP contribution in [0.2, 0.25) is 0 Å². The normalized spacial score (nSPS) is 11.0. The zero-order valence-corrected chi connectivity index (χ0v) is 24.1. The van der Waals surface area contributed by atoms with E-state index in [9.17, 15) is 9.59 Å². The first-order valence-electron chi connectivity index (χ1n) is 14.3. The number of carbonyl (C=O) groups is 2. The predicted molar refractivity (Wildman–Crippen MR) is 175 cm³/mol. The van der Waals surface area contributed by atoms with Crippen LogP contribution in [0, 0.1) is 0 Å². The summed E-state index contributed by atoms with van der Waals surface area (Å²) in [6.45, 7) is 6.80. The van der Waals surface area contributed by atoms with Crippen LogP contribution < -0.4 is 9.47 Å². The molecule has 0 fully saturated rings. The lowest BCUT2D eigenvalue weighted by Crippen LogP contribution is -2.16. The lowest BCUT2D eigenvalue weighted by Gasteiger charge is -2.19. The maximum absolute atomic E-state index is 12.5. The number of fused-ring (bicyclic) bond motifs is 6. The van der Waals surface area contributed by atoms with E-state index in [1.54, 1.807) is 0 Å². The molecule has 6 heteroatoms. The molecule has 0 saturated carbocycles. The minimum atomic E-state index is -0.514. The summed E-state index contributed by atoms with van der Waals surface area (Å²) < 4.78 is 22.9. The van der Waals surface area contributed by atoms with E-state index in [2.05, 4.69) is 37.4 Å². The highest BCUT2D eigenvalue weighted by Crippen LogP contribution is 2.46. The highest BCUT2D eigenvalue weighted by Gasteiger charge is 2.21. The van der Waals surface area contributed by atoms with Crippen LogP contribution in [0.4, 0.5) is 0 Å². The van der Waals surface area contributed by atoms with E-state index in [1.165, 1.54) is 12.2 Å². The fourth-order valence-corrected chi connectivity index (χ4v) is 5.51. The van der Waals surface area contributed by atoms with Gasteiger partial charge in [-0.05, 0) is 56.6 Å². The lowest BCUT2D eigenvalue weighted by atomic mass is 9.93. The van der Waals surface area contributed by atoms with Crippen LogP contribution in [-0.4, -0.2) is 38.4 Å². The third-order valence-corrected chi connectivity index (χ3v) is 7.44. The highest BCUT2D eigenvalue weighted by molar-refractivity contribution is 6.14. The molecule has 6 aromatic rings. The molecule has 0 aliphatic heterocycles. The fraction of sp³-hybridized carbons (Fsp3) is 0.105. The van der Waals surface area contributed by atoms with E-state index in [4.69, 9.17) is 18.9 Å². The standard InChI is InChI=1S/C38H30O6/c1-3-21-41-35(39)23-43-37-31-15-13-25-9-5-7-11-27(25)29(31)17-19-33(37)34-20-18-30-28-12-8-6-10-26(28)14-16-32(30)38(34)44-24-36(40)42-22-4-2/h3-20H,1-2,21-24H2. The number of carbonyl (C=O) groups excluding carboxylic acids is 2. The van der Waals surface area contributed by atoms with Crippen molar-refractivity contribution in [1.29, 1.82) is 0 Å². The molecule has 0 aliphatic rings. The van der Waals surface area contributed by atoms with Gasteiger partial charge in [0, 0.05) is 21.9 Å². The van der Waals surface area contributed by atoms with E-state index in [0.717, 1.165) is 43.1 Å². The zero-order chi connectivity index (χ0) is 30.5. The second-order valence-corrected chi connectivity index (χ2v) is 10.2. The van der Waals surface area contributed by atoms with Gasteiger partial charge in [-0.25, -0.2) is 9.59 Å². The van der Waals surface area contributed by atoms with Gasteiger partial charge in [-0.1, -0.05) is 98.1 Å². The number of hydrogen-bond acceptors (Lipinski definition) is 6. The molecule has 0 unspecified atom stereocenters. The Labute approximate surface area is 254 Å². The van der Waals surface area contributed by atoms with Crippen LogP contribution in [-0.2, 0) is 19.1 Å². The Morgan fingerprint density at radius 1 is 0.500 bits per heavy atom. The average Bonchev–Trinajstić information content (AvgIpc) is 3.07. The van der Waals surface area contributed by atoms with Crippen molar-refractivity contribution in [2.45, 2.75) is 0 Å². The molecule has 0 amide bonds. The molecule has 0 N–H and O–H groups in total. The minimum Gasteiger partial charge on any atom is -0.481 e. The average molecular weight is 583 g/mol. The molecule has 0 spiro atoms. The van der Waals surface area contributed by atoms with Gasteiger partial charge < -0.3 is 18.9 Å². The summed E-state index contributed by atoms with van der Waals surface area (Å²) in [6, 6.07) is 32.3. The molecule has 0 atom stereocenters.